The minimum absolute atomic E-state index is 0.0260. The highest BCUT2D eigenvalue weighted by molar-refractivity contribution is 9.10. The van der Waals surface area contributed by atoms with Crippen molar-refractivity contribution in [2.75, 3.05) is 24.8 Å². The zero-order chi connectivity index (χ0) is 12.8. The summed E-state index contributed by atoms with van der Waals surface area (Å²) >= 11 is 14.8. The number of carbonyl (C=O) groups excluding carboxylic acids is 1. The molecule has 0 spiro atoms. The zero-order valence-electron chi connectivity index (χ0n) is 9.55. The predicted molar refractivity (Wildman–Crippen MR) is 76.2 cm³/mol. The fourth-order valence-electron chi connectivity index (χ4n) is 1.48. The molecule has 0 aliphatic carbocycles. The second kappa shape index (κ2) is 7.24. The molecule has 0 aromatic heterocycles. The van der Waals surface area contributed by atoms with Gasteiger partial charge in [0.15, 0.2) is 0 Å². The van der Waals surface area contributed by atoms with Crippen molar-refractivity contribution in [3.8, 4) is 0 Å². The van der Waals surface area contributed by atoms with Crippen molar-refractivity contribution in [2.24, 2.45) is 0 Å². The molecule has 0 saturated carbocycles. The normalized spacial score (nSPS) is 10.4. The van der Waals surface area contributed by atoms with Gasteiger partial charge in [-0.2, -0.15) is 0 Å². The third-order valence-electron chi connectivity index (χ3n) is 2.40. The summed E-state index contributed by atoms with van der Waals surface area (Å²) in [5, 5.41) is 0. The molecule has 0 aliphatic rings. The first kappa shape index (κ1) is 14.8. The number of benzene rings is 1. The lowest BCUT2D eigenvalue weighted by molar-refractivity contribution is 0.0775. The monoisotopic (exact) mass is 337 g/mol. The van der Waals surface area contributed by atoms with E-state index < -0.39 is 0 Å². The van der Waals surface area contributed by atoms with Crippen LogP contribution in [0.3, 0.4) is 0 Å². The second-order valence-corrected chi connectivity index (χ2v) is 5.24. The van der Waals surface area contributed by atoms with Crippen molar-refractivity contribution in [1.29, 1.82) is 0 Å². The molecule has 17 heavy (non-hydrogen) atoms. The maximum atomic E-state index is 12.2. The molecular formula is C12H14BrCl2NO. The van der Waals surface area contributed by atoms with Crippen molar-refractivity contribution in [1.82, 2.24) is 4.90 Å². The van der Waals surface area contributed by atoms with Crippen molar-refractivity contribution in [2.45, 2.75) is 6.92 Å². The van der Waals surface area contributed by atoms with Gasteiger partial charge in [0.05, 0.1) is 0 Å². The summed E-state index contributed by atoms with van der Waals surface area (Å²) < 4.78 is 0.996. The average Bonchev–Trinajstić information content (AvgIpc) is 2.31. The molecule has 0 radical (unpaired) electrons. The van der Waals surface area contributed by atoms with E-state index in [-0.39, 0.29) is 5.91 Å². The Morgan fingerprint density at radius 1 is 1.29 bits per heavy atom. The largest absolute Gasteiger partial charge is 0.336 e. The Kier molecular flexibility index (Phi) is 6.31. The van der Waals surface area contributed by atoms with Gasteiger partial charge >= 0.3 is 0 Å². The Morgan fingerprint density at radius 3 is 2.35 bits per heavy atom. The number of alkyl halides is 2. The van der Waals surface area contributed by atoms with Gasteiger partial charge in [-0.3, -0.25) is 4.79 Å². The van der Waals surface area contributed by atoms with E-state index in [0.29, 0.717) is 30.4 Å². The van der Waals surface area contributed by atoms with Crippen LogP contribution in [0, 0.1) is 6.92 Å². The Hall–Kier alpha value is -0.250. The molecule has 0 bridgehead atoms. The van der Waals surface area contributed by atoms with Gasteiger partial charge in [0.25, 0.3) is 5.91 Å². The minimum Gasteiger partial charge on any atom is -0.336 e. The number of rotatable bonds is 5. The smallest absolute Gasteiger partial charge is 0.253 e. The van der Waals surface area contributed by atoms with Crippen LogP contribution in [0.1, 0.15) is 15.9 Å². The fourth-order valence-corrected chi connectivity index (χ4v) is 2.13. The minimum atomic E-state index is -0.0260. The number of hydrogen-bond donors (Lipinski definition) is 0. The molecular weight excluding hydrogens is 325 g/mol. The lowest BCUT2D eigenvalue weighted by Gasteiger charge is -2.20. The third-order valence-corrected chi connectivity index (χ3v) is 3.63. The van der Waals surface area contributed by atoms with Crippen LogP contribution in [0.4, 0.5) is 0 Å². The van der Waals surface area contributed by atoms with Crippen molar-refractivity contribution >= 4 is 45.0 Å². The summed E-state index contributed by atoms with van der Waals surface area (Å²) in [6.07, 6.45) is 0. The number of carbonyl (C=O) groups is 1. The Balaban J connectivity index is 2.88. The summed E-state index contributed by atoms with van der Waals surface area (Å²) in [6.45, 7) is 2.98. The molecule has 0 aliphatic heterocycles. The highest BCUT2D eigenvalue weighted by Crippen LogP contribution is 2.18. The summed E-state index contributed by atoms with van der Waals surface area (Å²) in [5.74, 6) is 0.804. The Labute approximate surface area is 120 Å². The van der Waals surface area contributed by atoms with E-state index in [1.807, 2.05) is 19.1 Å². The summed E-state index contributed by atoms with van der Waals surface area (Å²) in [5.41, 5.74) is 1.70. The number of aryl methyl sites for hydroxylation is 1. The highest BCUT2D eigenvalue weighted by atomic mass is 79.9. The van der Waals surface area contributed by atoms with E-state index in [1.165, 1.54) is 0 Å². The zero-order valence-corrected chi connectivity index (χ0v) is 12.6. The molecule has 0 N–H and O–H groups in total. The van der Waals surface area contributed by atoms with E-state index in [9.17, 15) is 4.79 Å². The van der Waals surface area contributed by atoms with Gasteiger partial charge in [-0.15, -0.1) is 23.2 Å². The highest BCUT2D eigenvalue weighted by Gasteiger charge is 2.15. The molecule has 1 aromatic carbocycles. The first-order valence-electron chi connectivity index (χ1n) is 5.27. The number of amides is 1. The van der Waals surface area contributed by atoms with Crippen LogP contribution in [0.2, 0.25) is 0 Å². The lowest BCUT2D eigenvalue weighted by atomic mass is 10.1. The Bertz CT molecular complexity index is 392. The van der Waals surface area contributed by atoms with Gasteiger partial charge in [0.2, 0.25) is 0 Å². The van der Waals surface area contributed by atoms with Crippen LogP contribution in [-0.2, 0) is 0 Å². The molecule has 0 fully saturated rings. The molecule has 0 atom stereocenters. The van der Waals surface area contributed by atoms with Gasteiger partial charge < -0.3 is 4.90 Å². The third kappa shape index (κ3) is 4.16. The van der Waals surface area contributed by atoms with Crippen LogP contribution < -0.4 is 0 Å². The summed E-state index contributed by atoms with van der Waals surface area (Å²) in [4.78, 5) is 13.9. The van der Waals surface area contributed by atoms with Crippen LogP contribution >= 0.6 is 39.1 Å². The van der Waals surface area contributed by atoms with Gasteiger partial charge in [0.1, 0.15) is 0 Å². The van der Waals surface area contributed by atoms with Gasteiger partial charge in [0, 0.05) is 34.9 Å². The number of halogens is 3. The second-order valence-electron chi connectivity index (χ2n) is 3.63. The van der Waals surface area contributed by atoms with E-state index >= 15 is 0 Å². The summed E-state index contributed by atoms with van der Waals surface area (Å²) in [7, 11) is 0. The first-order chi connectivity index (χ1) is 8.10. The molecule has 5 heteroatoms. The van der Waals surface area contributed by atoms with Crippen LogP contribution in [-0.4, -0.2) is 35.7 Å². The van der Waals surface area contributed by atoms with E-state index in [0.717, 1.165) is 10.0 Å². The van der Waals surface area contributed by atoms with E-state index in [4.69, 9.17) is 23.2 Å². The SMILES string of the molecule is Cc1cc(C(=O)N(CCCl)CCCl)ccc1Br. The average molecular weight is 339 g/mol. The van der Waals surface area contributed by atoms with Gasteiger partial charge in [-0.1, -0.05) is 15.9 Å². The van der Waals surface area contributed by atoms with Gasteiger partial charge in [-0.05, 0) is 30.7 Å². The maximum absolute atomic E-state index is 12.2. The molecule has 1 amide bonds. The molecule has 2 nitrogen and oxygen atoms in total. The van der Waals surface area contributed by atoms with Crippen LogP contribution in [0.5, 0.6) is 0 Å². The molecule has 94 valence electrons. The lowest BCUT2D eigenvalue weighted by Crippen LogP contribution is -2.34. The molecule has 0 unspecified atom stereocenters. The fraction of sp³-hybridized carbons (Fsp3) is 0.417. The molecule has 1 rings (SSSR count). The maximum Gasteiger partial charge on any atom is 0.253 e. The van der Waals surface area contributed by atoms with Crippen LogP contribution in [0.25, 0.3) is 0 Å². The summed E-state index contributed by atoms with van der Waals surface area (Å²) in [6, 6.07) is 5.54. The molecule has 1 aromatic rings. The van der Waals surface area contributed by atoms with Crippen molar-refractivity contribution in [3.63, 3.8) is 0 Å². The van der Waals surface area contributed by atoms with Crippen molar-refractivity contribution in [3.05, 3.63) is 33.8 Å². The standard InChI is InChI=1S/C12H14BrCl2NO/c1-9-8-10(2-3-11(9)13)12(17)16(6-4-14)7-5-15/h2-3,8H,4-7H2,1H3. The predicted octanol–water partition coefficient (Wildman–Crippen LogP) is 3.68. The van der Waals surface area contributed by atoms with Crippen LogP contribution in [0.15, 0.2) is 22.7 Å². The Morgan fingerprint density at radius 2 is 1.88 bits per heavy atom. The quantitative estimate of drug-likeness (QED) is 0.750. The molecule has 0 saturated heterocycles. The number of nitrogens with zero attached hydrogens (tertiary/aromatic N) is 1. The topological polar surface area (TPSA) is 20.3 Å². The van der Waals surface area contributed by atoms with E-state index in [1.54, 1.807) is 11.0 Å². The van der Waals surface area contributed by atoms with Crippen molar-refractivity contribution < 1.29 is 4.79 Å². The van der Waals surface area contributed by atoms with Gasteiger partial charge in [-0.25, -0.2) is 0 Å². The first-order valence-corrected chi connectivity index (χ1v) is 7.13. The number of hydrogen-bond acceptors (Lipinski definition) is 1. The molecule has 0 heterocycles. The van der Waals surface area contributed by atoms with E-state index in [2.05, 4.69) is 15.9 Å².